The second-order valence-electron chi connectivity index (χ2n) is 4.99. The molecule has 0 aliphatic carbocycles. The summed E-state index contributed by atoms with van der Waals surface area (Å²) in [4.78, 5) is 11.9. The SMILES string of the molecule is Cn1cc(C(C)(O)CNC(=O)c2ccc(F)c(F)c2)cn1. The molecular formula is C14H15F2N3O2. The van der Waals surface area contributed by atoms with E-state index < -0.39 is 23.1 Å². The maximum Gasteiger partial charge on any atom is 0.251 e. The van der Waals surface area contributed by atoms with E-state index >= 15 is 0 Å². The van der Waals surface area contributed by atoms with Gasteiger partial charge in [-0.3, -0.25) is 9.48 Å². The van der Waals surface area contributed by atoms with Gasteiger partial charge < -0.3 is 10.4 Å². The van der Waals surface area contributed by atoms with Gasteiger partial charge in [0.1, 0.15) is 5.60 Å². The molecule has 0 spiro atoms. The average molecular weight is 295 g/mol. The minimum atomic E-state index is -1.32. The van der Waals surface area contributed by atoms with Crippen LogP contribution in [0.5, 0.6) is 0 Å². The molecule has 0 aliphatic heterocycles. The minimum Gasteiger partial charge on any atom is -0.383 e. The number of halogens is 2. The van der Waals surface area contributed by atoms with Gasteiger partial charge in [0.25, 0.3) is 5.91 Å². The maximum atomic E-state index is 13.1. The van der Waals surface area contributed by atoms with Crippen molar-refractivity contribution in [1.82, 2.24) is 15.1 Å². The lowest BCUT2D eigenvalue weighted by Gasteiger charge is -2.22. The zero-order valence-corrected chi connectivity index (χ0v) is 11.6. The van der Waals surface area contributed by atoms with Crippen LogP contribution in [0, 0.1) is 11.6 Å². The smallest absolute Gasteiger partial charge is 0.251 e. The molecule has 1 amide bonds. The second-order valence-corrected chi connectivity index (χ2v) is 4.99. The third-order valence-electron chi connectivity index (χ3n) is 3.10. The first-order valence-corrected chi connectivity index (χ1v) is 6.24. The van der Waals surface area contributed by atoms with Crippen molar-refractivity contribution >= 4 is 5.91 Å². The number of carbonyl (C=O) groups excluding carboxylic acids is 1. The third-order valence-corrected chi connectivity index (χ3v) is 3.10. The van der Waals surface area contributed by atoms with Gasteiger partial charge in [0.05, 0.1) is 12.7 Å². The fourth-order valence-corrected chi connectivity index (χ4v) is 1.79. The number of carbonyl (C=O) groups is 1. The number of aryl methyl sites for hydroxylation is 1. The minimum absolute atomic E-state index is 0.0177. The molecule has 21 heavy (non-hydrogen) atoms. The van der Waals surface area contributed by atoms with Crippen molar-refractivity contribution in [3.63, 3.8) is 0 Å². The Labute approximate surface area is 120 Å². The van der Waals surface area contributed by atoms with Gasteiger partial charge in [-0.1, -0.05) is 0 Å². The molecule has 7 heteroatoms. The predicted octanol–water partition coefficient (Wildman–Crippen LogP) is 1.34. The van der Waals surface area contributed by atoms with Gasteiger partial charge in [0.2, 0.25) is 0 Å². The van der Waals surface area contributed by atoms with Crippen LogP contribution in [-0.2, 0) is 12.6 Å². The van der Waals surface area contributed by atoms with Crippen LogP contribution >= 0.6 is 0 Å². The summed E-state index contributed by atoms with van der Waals surface area (Å²) in [5.41, 5.74) is -0.797. The molecule has 2 N–H and O–H groups in total. The Hall–Kier alpha value is -2.28. The Bertz CT molecular complexity index is 668. The zero-order valence-electron chi connectivity index (χ0n) is 11.6. The number of aliphatic hydroxyl groups is 1. The monoisotopic (exact) mass is 295 g/mol. The van der Waals surface area contributed by atoms with Crippen molar-refractivity contribution in [3.05, 3.63) is 53.4 Å². The quantitative estimate of drug-likeness (QED) is 0.894. The van der Waals surface area contributed by atoms with E-state index in [-0.39, 0.29) is 12.1 Å². The lowest BCUT2D eigenvalue weighted by atomic mass is 9.99. The van der Waals surface area contributed by atoms with Crippen LogP contribution in [0.1, 0.15) is 22.8 Å². The molecule has 1 heterocycles. The summed E-state index contributed by atoms with van der Waals surface area (Å²) in [6.07, 6.45) is 3.12. The molecule has 5 nitrogen and oxygen atoms in total. The number of hydrogen-bond donors (Lipinski definition) is 2. The van der Waals surface area contributed by atoms with Crippen LogP contribution in [0.2, 0.25) is 0 Å². The summed E-state index contributed by atoms with van der Waals surface area (Å²) in [6, 6.07) is 2.86. The van der Waals surface area contributed by atoms with Crippen molar-refractivity contribution in [2.24, 2.45) is 7.05 Å². The number of nitrogens with zero attached hydrogens (tertiary/aromatic N) is 2. The van der Waals surface area contributed by atoms with Crippen LogP contribution in [0.4, 0.5) is 8.78 Å². The number of benzene rings is 1. The van der Waals surface area contributed by atoms with Gasteiger partial charge in [0, 0.05) is 24.4 Å². The van der Waals surface area contributed by atoms with E-state index in [4.69, 9.17) is 0 Å². The van der Waals surface area contributed by atoms with Gasteiger partial charge in [-0.15, -0.1) is 0 Å². The van der Waals surface area contributed by atoms with E-state index in [9.17, 15) is 18.7 Å². The summed E-state index contributed by atoms with van der Waals surface area (Å²) in [5, 5.41) is 16.7. The van der Waals surface area contributed by atoms with E-state index in [1.807, 2.05) is 0 Å². The molecule has 0 fully saturated rings. The van der Waals surface area contributed by atoms with Gasteiger partial charge in [0.15, 0.2) is 11.6 Å². The molecule has 0 bridgehead atoms. The van der Waals surface area contributed by atoms with Crippen LogP contribution in [-0.4, -0.2) is 27.3 Å². The fraction of sp³-hybridized carbons (Fsp3) is 0.286. The second kappa shape index (κ2) is 5.61. The van der Waals surface area contributed by atoms with Crippen LogP contribution in [0.25, 0.3) is 0 Å². The topological polar surface area (TPSA) is 67.2 Å². The number of hydrogen-bond acceptors (Lipinski definition) is 3. The van der Waals surface area contributed by atoms with E-state index in [1.165, 1.54) is 23.9 Å². The van der Waals surface area contributed by atoms with Gasteiger partial charge >= 0.3 is 0 Å². The van der Waals surface area contributed by atoms with Crippen LogP contribution in [0.15, 0.2) is 30.6 Å². The van der Waals surface area contributed by atoms with Crippen molar-refractivity contribution in [1.29, 1.82) is 0 Å². The first kappa shape index (κ1) is 15.1. The van der Waals surface area contributed by atoms with Crippen LogP contribution < -0.4 is 5.32 Å². The number of amides is 1. The highest BCUT2D eigenvalue weighted by Crippen LogP contribution is 2.18. The summed E-state index contributed by atoms with van der Waals surface area (Å²) in [6.45, 7) is 1.44. The molecule has 1 aromatic carbocycles. The highest BCUT2D eigenvalue weighted by Gasteiger charge is 2.25. The van der Waals surface area contributed by atoms with Gasteiger partial charge in [-0.05, 0) is 25.1 Å². The Balaban J connectivity index is 2.04. The lowest BCUT2D eigenvalue weighted by Crippen LogP contribution is -2.38. The fourth-order valence-electron chi connectivity index (χ4n) is 1.79. The largest absolute Gasteiger partial charge is 0.383 e. The molecule has 0 saturated heterocycles. The van der Waals surface area contributed by atoms with Crippen molar-refractivity contribution in [2.75, 3.05) is 6.54 Å². The van der Waals surface area contributed by atoms with E-state index in [0.29, 0.717) is 5.56 Å². The first-order chi connectivity index (χ1) is 9.79. The van der Waals surface area contributed by atoms with E-state index in [2.05, 4.69) is 10.4 Å². The van der Waals surface area contributed by atoms with E-state index in [0.717, 1.165) is 12.1 Å². The van der Waals surface area contributed by atoms with Crippen molar-refractivity contribution < 1.29 is 18.7 Å². The van der Waals surface area contributed by atoms with Crippen molar-refractivity contribution in [3.8, 4) is 0 Å². The number of rotatable bonds is 4. The molecule has 0 saturated carbocycles. The highest BCUT2D eigenvalue weighted by atomic mass is 19.2. The number of aromatic nitrogens is 2. The average Bonchev–Trinajstić information content (AvgIpc) is 2.87. The van der Waals surface area contributed by atoms with Crippen molar-refractivity contribution in [2.45, 2.75) is 12.5 Å². The molecule has 1 atom stereocenters. The summed E-state index contributed by atoms with van der Waals surface area (Å²) >= 11 is 0. The van der Waals surface area contributed by atoms with Gasteiger partial charge in [-0.25, -0.2) is 8.78 Å². The molecule has 112 valence electrons. The molecule has 1 unspecified atom stereocenters. The first-order valence-electron chi connectivity index (χ1n) is 6.24. The Morgan fingerprint density at radius 3 is 2.71 bits per heavy atom. The predicted molar refractivity (Wildman–Crippen MR) is 71.5 cm³/mol. The molecule has 0 aliphatic rings. The summed E-state index contributed by atoms with van der Waals surface area (Å²) in [5.74, 6) is -2.71. The molecule has 0 radical (unpaired) electrons. The normalized spacial score (nSPS) is 13.8. The Kier molecular flexibility index (Phi) is 4.04. The molecule has 2 rings (SSSR count). The van der Waals surface area contributed by atoms with Gasteiger partial charge in [-0.2, -0.15) is 5.10 Å². The summed E-state index contributed by atoms with van der Waals surface area (Å²) < 4.78 is 27.4. The molecule has 1 aromatic heterocycles. The maximum absolute atomic E-state index is 13.1. The molecular weight excluding hydrogens is 280 g/mol. The Morgan fingerprint density at radius 2 is 2.14 bits per heavy atom. The third kappa shape index (κ3) is 3.43. The number of nitrogens with one attached hydrogen (secondary N) is 1. The standard InChI is InChI=1S/C14H15F2N3O2/c1-14(21,10-6-18-19(2)7-10)8-17-13(20)9-3-4-11(15)12(16)5-9/h3-7,21H,8H2,1-2H3,(H,17,20). The highest BCUT2D eigenvalue weighted by molar-refractivity contribution is 5.94. The Morgan fingerprint density at radius 1 is 1.43 bits per heavy atom. The van der Waals surface area contributed by atoms with E-state index in [1.54, 1.807) is 13.2 Å². The lowest BCUT2D eigenvalue weighted by molar-refractivity contribution is 0.0525. The zero-order chi connectivity index (χ0) is 15.6. The molecule has 2 aromatic rings. The summed E-state index contributed by atoms with van der Waals surface area (Å²) in [7, 11) is 1.71. The van der Waals surface area contributed by atoms with Crippen LogP contribution in [0.3, 0.4) is 0 Å².